The number of hydrogen-bond acceptors (Lipinski definition) is 4. The van der Waals surface area contributed by atoms with E-state index in [4.69, 9.17) is 10.5 Å². The fourth-order valence-corrected chi connectivity index (χ4v) is 2.56. The fourth-order valence-electron chi connectivity index (χ4n) is 2.56. The molecule has 3 aromatic rings. The minimum absolute atomic E-state index is 0.722. The maximum Gasteiger partial charge on any atom is 0.131 e. The normalized spacial score (nSPS) is 10.7. The summed E-state index contributed by atoms with van der Waals surface area (Å²) in [5.41, 5.74) is 11.3. The van der Waals surface area contributed by atoms with Gasteiger partial charge in [-0.25, -0.2) is 4.68 Å². The molecule has 0 spiro atoms. The number of ether oxygens (including phenoxy) is 1. The highest BCUT2D eigenvalue weighted by molar-refractivity contribution is 5.69. The van der Waals surface area contributed by atoms with Crippen LogP contribution in [0.15, 0.2) is 42.6 Å². The van der Waals surface area contributed by atoms with Crippen molar-refractivity contribution in [3.05, 3.63) is 53.7 Å². The molecule has 0 radical (unpaired) electrons. The van der Waals surface area contributed by atoms with Gasteiger partial charge in [0.25, 0.3) is 0 Å². The first-order valence-electron chi connectivity index (χ1n) is 7.02. The summed E-state index contributed by atoms with van der Waals surface area (Å²) >= 11 is 0. The van der Waals surface area contributed by atoms with Crippen LogP contribution in [-0.2, 0) is 0 Å². The van der Waals surface area contributed by atoms with Crippen LogP contribution in [0, 0.1) is 13.8 Å². The molecule has 0 saturated heterocycles. The highest BCUT2D eigenvalue weighted by Gasteiger charge is 2.13. The summed E-state index contributed by atoms with van der Waals surface area (Å²) in [6.45, 7) is 4.08. The number of benzene rings is 2. The molecule has 3 rings (SSSR count). The summed E-state index contributed by atoms with van der Waals surface area (Å²) in [5.74, 6) is 0.829. The summed E-state index contributed by atoms with van der Waals surface area (Å²) in [6, 6.07) is 11.6. The Morgan fingerprint density at radius 2 is 1.82 bits per heavy atom. The first kappa shape index (κ1) is 14.1. The lowest BCUT2D eigenvalue weighted by molar-refractivity contribution is 0.413. The smallest absolute Gasteiger partial charge is 0.131 e. The van der Waals surface area contributed by atoms with Gasteiger partial charge < -0.3 is 10.5 Å². The lowest BCUT2D eigenvalue weighted by Crippen LogP contribution is -1.95. The topological polar surface area (TPSA) is 66.0 Å². The molecule has 0 saturated carbocycles. The maximum atomic E-state index is 5.71. The van der Waals surface area contributed by atoms with Gasteiger partial charge in [-0.2, -0.15) is 0 Å². The molecule has 2 N–H and O–H groups in total. The highest BCUT2D eigenvalue weighted by atomic mass is 16.5. The second-order valence-corrected chi connectivity index (χ2v) is 5.30. The van der Waals surface area contributed by atoms with Crippen LogP contribution in [0.1, 0.15) is 11.1 Å². The van der Waals surface area contributed by atoms with E-state index >= 15 is 0 Å². The minimum atomic E-state index is 0.722. The number of aromatic nitrogens is 3. The monoisotopic (exact) mass is 294 g/mol. The van der Waals surface area contributed by atoms with Crippen molar-refractivity contribution in [2.24, 2.45) is 0 Å². The molecule has 22 heavy (non-hydrogen) atoms. The van der Waals surface area contributed by atoms with E-state index in [9.17, 15) is 0 Å². The standard InChI is InChI=1S/C17H18N4O/c1-11-8-12(2)17(22-3)15(9-11)16-10-21(20-19-16)14-6-4-13(18)5-7-14/h4-10H,18H2,1-3H3. The maximum absolute atomic E-state index is 5.71. The summed E-state index contributed by atoms with van der Waals surface area (Å²) < 4.78 is 7.25. The van der Waals surface area contributed by atoms with Crippen LogP contribution < -0.4 is 10.5 Å². The molecule has 112 valence electrons. The first-order valence-corrected chi connectivity index (χ1v) is 7.02. The third-order valence-corrected chi connectivity index (χ3v) is 3.55. The Morgan fingerprint density at radius 1 is 1.09 bits per heavy atom. The summed E-state index contributed by atoms with van der Waals surface area (Å²) in [4.78, 5) is 0. The Balaban J connectivity index is 2.06. The highest BCUT2D eigenvalue weighted by Crippen LogP contribution is 2.33. The molecule has 0 unspecified atom stereocenters. The first-order chi connectivity index (χ1) is 10.6. The SMILES string of the molecule is COc1c(C)cc(C)cc1-c1cn(-c2ccc(N)cc2)nn1. The van der Waals surface area contributed by atoms with Crippen LogP contribution in [0.3, 0.4) is 0 Å². The van der Waals surface area contributed by atoms with Crippen molar-refractivity contribution in [1.82, 2.24) is 15.0 Å². The van der Waals surface area contributed by atoms with Crippen LogP contribution in [0.25, 0.3) is 16.9 Å². The van der Waals surface area contributed by atoms with E-state index in [2.05, 4.69) is 29.4 Å². The molecule has 0 amide bonds. The van der Waals surface area contributed by atoms with Crippen LogP contribution in [-0.4, -0.2) is 22.1 Å². The second kappa shape index (κ2) is 5.52. The van der Waals surface area contributed by atoms with Gasteiger partial charge in [0.05, 0.1) is 19.0 Å². The average Bonchev–Trinajstić information content (AvgIpc) is 2.97. The van der Waals surface area contributed by atoms with Crippen molar-refractivity contribution >= 4 is 5.69 Å². The number of rotatable bonds is 3. The van der Waals surface area contributed by atoms with Crippen molar-refractivity contribution in [3.8, 4) is 22.7 Å². The van der Waals surface area contributed by atoms with Crippen molar-refractivity contribution < 1.29 is 4.74 Å². The molecule has 0 fully saturated rings. The lowest BCUT2D eigenvalue weighted by Gasteiger charge is -2.10. The van der Waals surface area contributed by atoms with Gasteiger partial charge in [-0.1, -0.05) is 11.3 Å². The van der Waals surface area contributed by atoms with Crippen molar-refractivity contribution in [3.63, 3.8) is 0 Å². The van der Waals surface area contributed by atoms with Crippen LogP contribution >= 0.6 is 0 Å². The van der Waals surface area contributed by atoms with Gasteiger partial charge in [0, 0.05) is 11.3 Å². The number of methoxy groups -OCH3 is 1. The predicted octanol–water partition coefficient (Wildman–Crippen LogP) is 3.14. The zero-order chi connectivity index (χ0) is 15.7. The van der Waals surface area contributed by atoms with Gasteiger partial charge in [-0.3, -0.25) is 0 Å². The predicted molar refractivity (Wildman–Crippen MR) is 87.2 cm³/mol. The summed E-state index contributed by atoms with van der Waals surface area (Å²) in [6.07, 6.45) is 1.89. The van der Waals surface area contributed by atoms with Gasteiger partial charge in [0.2, 0.25) is 0 Å². The molecule has 0 aliphatic rings. The van der Waals surface area contributed by atoms with Gasteiger partial charge in [0.1, 0.15) is 11.4 Å². The van der Waals surface area contributed by atoms with Gasteiger partial charge in [-0.05, 0) is 55.3 Å². The van der Waals surface area contributed by atoms with Crippen molar-refractivity contribution in [1.29, 1.82) is 0 Å². The number of nitrogens with two attached hydrogens (primary N) is 1. The van der Waals surface area contributed by atoms with Crippen LogP contribution in [0.5, 0.6) is 5.75 Å². The molecule has 0 aliphatic carbocycles. The van der Waals surface area contributed by atoms with Crippen LogP contribution in [0.4, 0.5) is 5.69 Å². The summed E-state index contributed by atoms with van der Waals surface area (Å²) in [5, 5.41) is 8.48. The Labute approximate surface area is 129 Å². The minimum Gasteiger partial charge on any atom is -0.496 e. The Hall–Kier alpha value is -2.82. The average molecular weight is 294 g/mol. The molecule has 1 heterocycles. The zero-order valence-corrected chi connectivity index (χ0v) is 12.9. The van der Waals surface area contributed by atoms with E-state index in [0.29, 0.717) is 0 Å². The summed E-state index contributed by atoms with van der Waals surface area (Å²) in [7, 11) is 1.67. The molecule has 5 heteroatoms. The quantitative estimate of drug-likeness (QED) is 0.754. The van der Waals surface area contributed by atoms with Crippen molar-refractivity contribution in [2.45, 2.75) is 13.8 Å². The van der Waals surface area contributed by atoms with E-state index in [-0.39, 0.29) is 0 Å². The van der Waals surface area contributed by atoms with E-state index in [1.165, 1.54) is 0 Å². The van der Waals surface area contributed by atoms with Crippen LogP contribution in [0.2, 0.25) is 0 Å². The number of hydrogen-bond donors (Lipinski definition) is 1. The van der Waals surface area contributed by atoms with Gasteiger partial charge in [-0.15, -0.1) is 5.10 Å². The third-order valence-electron chi connectivity index (χ3n) is 3.55. The number of nitrogen functional groups attached to an aromatic ring is 1. The Bertz CT molecular complexity index is 806. The van der Waals surface area contributed by atoms with Gasteiger partial charge >= 0.3 is 0 Å². The largest absolute Gasteiger partial charge is 0.496 e. The number of aryl methyl sites for hydroxylation is 2. The van der Waals surface area contributed by atoms with E-state index < -0.39 is 0 Å². The molecular formula is C17H18N4O. The van der Waals surface area contributed by atoms with E-state index in [1.807, 2.05) is 37.4 Å². The molecule has 5 nitrogen and oxygen atoms in total. The Kier molecular flexibility index (Phi) is 3.55. The lowest BCUT2D eigenvalue weighted by atomic mass is 10.0. The second-order valence-electron chi connectivity index (χ2n) is 5.30. The van der Waals surface area contributed by atoms with Crippen molar-refractivity contribution in [2.75, 3.05) is 12.8 Å². The van der Waals surface area contributed by atoms with E-state index in [1.54, 1.807) is 11.8 Å². The zero-order valence-electron chi connectivity index (χ0n) is 12.9. The number of anilines is 1. The molecule has 1 aromatic heterocycles. The Morgan fingerprint density at radius 3 is 2.50 bits per heavy atom. The molecule has 2 aromatic carbocycles. The fraction of sp³-hybridized carbons (Fsp3) is 0.176. The molecule has 0 atom stereocenters. The molecule has 0 bridgehead atoms. The number of nitrogens with zero attached hydrogens (tertiary/aromatic N) is 3. The molecular weight excluding hydrogens is 276 g/mol. The van der Waals surface area contributed by atoms with Gasteiger partial charge in [0.15, 0.2) is 0 Å². The molecule has 0 aliphatic heterocycles. The third kappa shape index (κ3) is 2.53. The van der Waals surface area contributed by atoms with E-state index in [0.717, 1.165) is 39.5 Å².